The fourth-order valence-electron chi connectivity index (χ4n) is 1.53. The van der Waals surface area contributed by atoms with E-state index >= 15 is 0 Å². The van der Waals surface area contributed by atoms with E-state index in [9.17, 15) is 4.79 Å². The molecule has 0 fully saturated rings. The molecule has 14 heavy (non-hydrogen) atoms. The van der Waals surface area contributed by atoms with Crippen molar-refractivity contribution < 1.29 is 4.79 Å². The lowest BCUT2D eigenvalue weighted by Crippen LogP contribution is -2.04. The molecule has 0 bridgehead atoms. The molecule has 0 saturated heterocycles. The Morgan fingerprint density at radius 2 is 1.93 bits per heavy atom. The number of ketones is 1. The lowest BCUT2D eigenvalue weighted by atomic mass is 10.0. The van der Waals surface area contributed by atoms with E-state index < -0.39 is 0 Å². The number of benzene rings is 1. The molecule has 0 spiro atoms. The normalized spacial score (nSPS) is 10.2. The summed E-state index contributed by atoms with van der Waals surface area (Å²) in [5.41, 5.74) is 3.57. The summed E-state index contributed by atoms with van der Waals surface area (Å²) in [5.74, 6) is 0.189. The zero-order valence-corrected chi connectivity index (χ0v) is 9.40. The number of hydrogen-bond acceptors (Lipinski definition) is 1. The zero-order valence-electron chi connectivity index (χ0n) is 8.64. The van der Waals surface area contributed by atoms with E-state index in [1.54, 1.807) is 0 Å². The van der Waals surface area contributed by atoms with E-state index in [2.05, 4.69) is 19.1 Å². The van der Waals surface area contributed by atoms with Crippen molar-refractivity contribution in [3.05, 3.63) is 34.9 Å². The second-order valence-electron chi connectivity index (χ2n) is 3.53. The van der Waals surface area contributed by atoms with Gasteiger partial charge in [-0.2, -0.15) is 0 Å². The number of Topliss-reactive ketones (excluding diaryl/α,β-unsaturated/α-hetero) is 1. The lowest BCUT2D eigenvalue weighted by molar-refractivity contribution is -0.116. The fraction of sp³-hybridized carbons (Fsp3) is 0.417. The molecule has 0 amide bonds. The lowest BCUT2D eigenvalue weighted by Gasteiger charge is -2.04. The van der Waals surface area contributed by atoms with Gasteiger partial charge in [-0.05, 0) is 24.5 Å². The van der Waals surface area contributed by atoms with Gasteiger partial charge in [-0.25, -0.2) is 0 Å². The van der Waals surface area contributed by atoms with Crippen LogP contribution in [0.15, 0.2) is 18.2 Å². The number of carbonyl (C=O) groups is 1. The molecule has 76 valence electrons. The van der Waals surface area contributed by atoms with Crippen LogP contribution in [0.1, 0.15) is 23.6 Å². The molecular formula is C12H15ClO. The van der Waals surface area contributed by atoms with Crippen LogP contribution in [0.2, 0.25) is 0 Å². The summed E-state index contributed by atoms with van der Waals surface area (Å²) in [5, 5.41) is 0. The van der Waals surface area contributed by atoms with Gasteiger partial charge in [-0.15, -0.1) is 11.6 Å². The summed E-state index contributed by atoms with van der Waals surface area (Å²) >= 11 is 5.47. The van der Waals surface area contributed by atoms with Gasteiger partial charge in [0.25, 0.3) is 0 Å². The SMILES string of the molecule is CCc1cc(C)cc(CC(=O)CCl)c1. The molecule has 0 aromatic heterocycles. The molecule has 0 aliphatic rings. The van der Waals surface area contributed by atoms with Gasteiger partial charge in [0.2, 0.25) is 0 Å². The maximum absolute atomic E-state index is 11.2. The van der Waals surface area contributed by atoms with Crippen molar-refractivity contribution in [2.24, 2.45) is 0 Å². The van der Waals surface area contributed by atoms with Crippen LogP contribution in [0.25, 0.3) is 0 Å². The van der Waals surface area contributed by atoms with Crippen molar-refractivity contribution in [2.75, 3.05) is 5.88 Å². The van der Waals surface area contributed by atoms with Crippen LogP contribution < -0.4 is 0 Å². The summed E-state index contributed by atoms with van der Waals surface area (Å²) in [6, 6.07) is 6.27. The summed E-state index contributed by atoms with van der Waals surface area (Å²) in [7, 11) is 0. The summed E-state index contributed by atoms with van der Waals surface area (Å²) in [4.78, 5) is 11.2. The van der Waals surface area contributed by atoms with Gasteiger partial charge in [-0.3, -0.25) is 4.79 Å². The first kappa shape index (κ1) is 11.3. The molecule has 1 rings (SSSR count). The van der Waals surface area contributed by atoms with Crippen LogP contribution >= 0.6 is 11.6 Å². The molecule has 1 aromatic carbocycles. The molecule has 0 saturated carbocycles. The molecule has 0 aliphatic heterocycles. The van der Waals surface area contributed by atoms with Gasteiger partial charge in [0.15, 0.2) is 5.78 Å². The Hall–Kier alpha value is -0.820. The molecule has 0 N–H and O–H groups in total. The van der Waals surface area contributed by atoms with E-state index in [-0.39, 0.29) is 11.7 Å². The van der Waals surface area contributed by atoms with Crippen molar-refractivity contribution in [3.63, 3.8) is 0 Å². The Morgan fingerprint density at radius 3 is 2.50 bits per heavy atom. The average molecular weight is 211 g/mol. The summed E-state index contributed by atoms with van der Waals surface area (Å²) < 4.78 is 0. The first-order chi connectivity index (χ1) is 6.65. The second-order valence-corrected chi connectivity index (χ2v) is 3.80. The molecule has 2 heteroatoms. The molecule has 0 atom stereocenters. The van der Waals surface area contributed by atoms with Gasteiger partial charge >= 0.3 is 0 Å². The van der Waals surface area contributed by atoms with Crippen LogP contribution in [-0.2, 0) is 17.6 Å². The maximum Gasteiger partial charge on any atom is 0.151 e. The quantitative estimate of drug-likeness (QED) is 0.699. The van der Waals surface area contributed by atoms with Gasteiger partial charge in [0.1, 0.15) is 0 Å². The Balaban J connectivity index is 2.86. The number of rotatable bonds is 4. The van der Waals surface area contributed by atoms with Crippen LogP contribution in [-0.4, -0.2) is 11.7 Å². The average Bonchev–Trinajstić information content (AvgIpc) is 2.16. The van der Waals surface area contributed by atoms with Crippen LogP contribution in [0.3, 0.4) is 0 Å². The minimum atomic E-state index is 0.0827. The molecular weight excluding hydrogens is 196 g/mol. The van der Waals surface area contributed by atoms with Gasteiger partial charge in [0.05, 0.1) is 5.88 Å². The van der Waals surface area contributed by atoms with E-state index in [1.807, 2.05) is 13.0 Å². The predicted octanol–water partition coefficient (Wildman–Crippen LogP) is 2.91. The van der Waals surface area contributed by atoms with Crippen molar-refractivity contribution in [1.82, 2.24) is 0 Å². The fourth-order valence-corrected chi connectivity index (χ4v) is 1.62. The second kappa shape index (κ2) is 5.16. The highest BCUT2D eigenvalue weighted by atomic mass is 35.5. The van der Waals surface area contributed by atoms with E-state index in [0.717, 1.165) is 12.0 Å². The monoisotopic (exact) mass is 210 g/mol. The first-order valence-corrected chi connectivity index (χ1v) is 5.36. The highest BCUT2D eigenvalue weighted by molar-refractivity contribution is 6.27. The van der Waals surface area contributed by atoms with Gasteiger partial charge in [-0.1, -0.05) is 30.7 Å². The Bertz CT molecular complexity index is 331. The van der Waals surface area contributed by atoms with Crippen molar-refractivity contribution in [1.29, 1.82) is 0 Å². The smallest absolute Gasteiger partial charge is 0.151 e. The minimum absolute atomic E-state index is 0.0827. The number of carbonyl (C=O) groups excluding carboxylic acids is 1. The van der Waals surface area contributed by atoms with Crippen LogP contribution in [0.5, 0.6) is 0 Å². The van der Waals surface area contributed by atoms with E-state index in [1.165, 1.54) is 11.1 Å². The number of alkyl halides is 1. The Morgan fingerprint density at radius 1 is 1.29 bits per heavy atom. The highest BCUT2D eigenvalue weighted by Gasteiger charge is 2.03. The largest absolute Gasteiger partial charge is 0.298 e. The number of halogens is 1. The molecule has 0 unspecified atom stereocenters. The molecule has 1 nitrogen and oxygen atoms in total. The summed E-state index contributed by atoms with van der Waals surface area (Å²) in [6.45, 7) is 4.16. The first-order valence-electron chi connectivity index (χ1n) is 4.82. The third-order valence-electron chi connectivity index (χ3n) is 2.16. The van der Waals surface area contributed by atoms with Crippen LogP contribution in [0, 0.1) is 6.92 Å². The third kappa shape index (κ3) is 3.15. The predicted molar refractivity (Wildman–Crippen MR) is 60.0 cm³/mol. The molecule has 0 radical (unpaired) electrons. The van der Waals surface area contributed by atoms with E-state index in [0.29, 0.717) is 6.42 Å². The van der Waals surface area contributed by atoms with Crippen molar-refractivity contribution in [3.8, 4) is 0 Å². The maximum atomic E-state index is 11.2. The topological polar surface area (TPSA) is 17.1 Å². The standard InChI is InChI=1S/C12H15ClO/c1-3-10-4-9(2)5-11(6-10)7-12(14)8-13/h4-6H,3,7-8H2,1-2H3. The molecule has 0 aliphatic carbocycles. The highest BCUT2D eigenvalue weighted by Crippen LogP contribution is 2.11. The Labute approximate surface area is 90.1 Å². The Kier molecular flexibility index (Phi) is 4.15. The van der Waals surface area contributed by atoms with Crippen molar-refractivity contribution in [2.45, 2.75) is 26.7 Å². The van der Waals surface area contributed by atoms with E-state index in [4.69, 9.17) is 11.6 Å². The zero-order chi connectivity index (χ0) is 10.6. The minimum Gasteiger partial charge on any atom is -0.298 e. The van der Waals surface area contributed by atoms with Gasteiger partial charge < -0.3 is 0 Å². The van der Waals surface area contributed by atoms with Crippen LogP contribution in [0.4, 0.5) is 0 Å². The van der Waals surface area contributed by atoms with Crippen molar-refractivity contribution >= 4 is 17.4 Å². The number of aryl methyl sites for hydroxylation is 2. The third-order valence-corrected chi connectivity index (χ3v) is 2.45. The number of hydrogen-bond donors (Lipinski definition) is 0. The summed E-state index contributed by atoms with van der Waals surface area (Å²) in [6.07, 6.45) is 1.46. The molecule has 0 heterocycles. The van der Waals surface area contributed by atoms with Gasteiger partial charge in [0, 0.05) is 6.42 Å². The molecule has 1 aromatic rings.